The third-order valence-electron chi connectivity index (χ3n) is 4.12. The van der Waals surface area contributed by atoms with Crippen LogP contribution < -0.4 is 16.0 Å². The summed E-state index contributed by atoms with van der Waals surface area (Å²) in [6.45, 7) is 5.78. The van der Waals surface area contributed by atoms with Crippen molar-refractivity contribution >= 4 is 39.8 Å². The molecule has 0 aliphatic heterocycles. The molecule has 0 spiro atoms. The Morgan fingerprint density at radius 3 is 2.39 bits per heavy atom. The minimum absolute atomic E-state index is 0.244. The number of thiazole rings is 1. The van der Waals surface area contributed by atoms with Gasteiger partial charge in [-0.3, -0.25) is 10.1 Å². The Balaban J connectivity index is 1.64. The zero-order valence-corrected chi connectivity index (χ0v) is 16.8. The monoisotopic (exact) mass is 394 g/mol. The summed E-state index contributed by atoms with van der Waals surface area (Å²) in [4.78, 5) is 29.5. The molecule has 3 rings (SSSR count). The lowest BCUT2D eigenvalue weighted by Gasteiger charge is -2.06. The van der Waals surface area contributed by atoms with E-state index >= 15 is 0 Å². The summed E-state index contributed by atoms with van der Waals surface area (Å²) < 4.78 is 0. The highest BCUT2D eigenvalue weighted by atomic mass is 32.1. The Kier molecular flexibility index (Phi) is 6.06. The van der Waals surface area contributed by atoms with Crippen LogP contribution in [0.15, 0.2) is 48.5 Å². The first-order valence-electron chi connectivity index (χ1n) is 8.97. The molecule has 3 amide bonds. The van der Waals surface area contributed by atoms with Gasteiger partial charge < -0.3 is 10.6 Å². The maximum atomic E-state index is 12.5. The first-order chi connectivity index (χ1) is 13.4. The number of aryl methyl sites for hydroxylation is 3. The van der Waals surface area contributed by atoms with Gasteiger partial charge in [-0.2, -0.15) is 0 Å². The van der Waals surface area contributed by atoms with Gasteiger partial charge in [0.25, 0.3) is 5.91 Å². The molecule has 28 heavy (non-hydrogen) atoms. The van der Waals surface area contributed by atoms with Gasteiger partial charge in [0, 0.05) is 11.4 Å². The molecule has 6 nitrogen and oxygen atoms in total. The Labute approximate surface area is 168 Å². The molecule has 0 fully saturated rings. The van der Waals surface area contributed by atoms with E-state index in [-0.39, 0.29) is 5.91 Å². The summed E-state index contributed by atoms with van der Waals surface area (Å²) in [6.07, 6.45) is 0.946. The predicted molar refractivity (Wildman–Crippen MR) is 114 cm³/mol. The molecule has 7 heteroatoms. The molecule has 3 aromatic rings. The summed E-state index contributed by atoms with van der Waals surface area (Å²) in [5.41, 5.74) is 4.24. The highest BCUT2D eigenvalue weighted by Gasteiger charge is 2.17. The van der Waals surface area contributed by atoms with Crippen LogP contribution in [0, 0.1) is 13.8 Å². The van der Waals surface area contributed by atoms with Crippen LogP contribution in [0.5, 0.6) is 0 Å². The third kappa shape index (κ3) is 4.95. The van der Waals surface area contributed by atoms with E-state index in [0.29, 0.717) is 21.4 Å². The number of carbonyl (C=O) groups is 2. The number of amides is 3. The number of hydrogen-bond donors (Lipinski definition) is 3. The quantitative estimate of drug-likeness (QED) is 0.555. The zero-order valence-electron chi connectivity index (χ0n) is 16.0. The van der Waals surface area contributed by atoms with Crippen LogP contribution in [-0.4, -0.2) is 16.9 Å². The number of aromatic nitrogens is 1. The number of carbonyl (C=O) groups excluding carboxylic acids is 2. The molecule has 0 aliphatic rings. The van der Waals surface area contributed by atoms with Gasteiger partial charge in [0.1, 0.15) is 4.88 Å². The number of rotatable bonds is 5. The van der Waals surface area contributed by atoms with E-state index < -0.39 is 6.03 Å². The molecule has 0 unspecified atom stereocenters. The van der Waals surface area contributed by atoms with Crippen molar-refractivity contribution in [2.24, 2.45) is 0 Å². The van der Waals surface area contributed by atoms with Crippen LogP contribution in [-0.2, 0) is 6.42 Å². The summed E-state index contributed by atoms with van der Waals surface area (Å²) in [5.74, 6) is -0.244. The van der Waals surface area contributed by atoms with Crippen molar-refractivity contribution in [2.75, 3.05) is 16.0 Å². The molecule has 0 saturated heterocycles. The van der Waals surface area contributed by atoms with Crippen molar-refractivity contribution in [2.45, 2.75) is 27.2 Å². The average molecular weight is 395 g/mol. The minimum atomic E-state index is -0.401. The van der Waals surface area contributed by atoms with Gasteiger partial charge in [-0.1, -0.05) is 42.5 Å². The lowest BCUT2D eigenvalue weighted by atomic mass is 10.1. The standard InChI is InChI=1S/C21H22N4O2S/c1-4-15-8-10-16(11-9-15)23-19(26)18-14(3)22-21(28-18)25-20(27)24-17-7-5-6-13(2)12-17/h5-12H,4H2,1-3H3,(H,23,26)(H2,22,24,25,27). The largest absolute Gasteiger partial charge is 0.325 e. The van der Waals surface area contributed by atoms with E-state index in [9.17, 15) is 9.59 Å². The van der Waals surface area contributed by atoms with Crippen molar-refractivity contribution in [3.05, 3.63) is 70.2 Å². The SMILES string of the molecule is CCc1ccc(NC(=O)c2sc(NC(=O)Nc3cccc(C)c3)nc2C)cc1. The minimum Gasteiger partial charge on any atom is -0.321 e. The van der Waals surface area contributed by atoms with E-state index in [4.69, 9.17) is 0 Å². The van der Waals surface area contributed by atoms with Crippen molar-refractivity contribution in [3.63, 3.8) is 0 Å². The zero-order chi connectivity index (χ0) is 20.1. The molecular weight excluding hydrogens is 372 g/mol. The number of nitrogens with one attached hydrogen (secondary N) is 3. The second-order valence-electron chi connectivity index (χ2n) is 6.39. The van der Waals surface area contributed by atoms with Crippen molar-refractivity contribution in [1.29, 1.82) is 0 Å². The van der Waals surface area contributed by atoms with Gasteiger partial charge in [0.05, 0.1) is 5.69 Å². The van der Waals surface area contributed by atoms with Crippen LogP contribution in [0.3, 0.4) is 0 Å². The highest BCUT2D eigenvalue weighted by Crippen LogP contribution is 2.24. The van der Waals surface area contributed by atoms with Gasteiger partial charge in [0.2, 0.25) is 0 Å². The van der Waals surface area contributed by atoms with Gasteiger partial charge in [-0.15, -0.1) is 0 Å². The number of urea groups is 1. The third-order valence-corrected chi connectivity index (χ3v) is 5.19. The Morgan fingerprint density at radius 1 is 0.964 bits per heavy atom. The Bertz CT molecular complexity index is 996. The second kappa shape index (κ2) is 8.67. The molecule has 1 aromatic heterocycles. The van der Waals surface area contributed by atoms with Crippen molar-refractivity contribution in [1.82, 2.24) is 4.98 Å². The van der Waals surface area contributed by atoms with Crippen molar-refractivity contribution in [3.8, 4) is 0 Å². The maximum Gasteiger partial charge on any atom is 0.325 e. The Hall–Kier alpha value is -3.19. The molecule has 3 N–H and O–H groups in total. The first kappa shape index (κ1) is 19.6. The van der Waals surface area contributed by atoms with Crippen LogP contribution in [0.2, 0.25) is 0 Å². The molecule has 0 radical (unpaired) electrons. The summed E-state index contributed by atoms with van der Waals surface area (Å²) in [6, 6.07) is 14.8. The number of hydrogen-bond acceptors (Lipinski definition) is 4. The molecule has 144 valence electrons. The van der Waals surface area contributed by atoms with Gasteiger partial charge in [0.15, 0.2) is 5.13 Å². The number of nitrogens with zero attached hydrogens (tertiary/aromatic N) is 1. The van der Waals surface area contributed by atoms with Gasteiger partial charge in [-0.05, 0) is 55.7 Å². The fourth-order valence-corrected chi connectivity index (χ4v) is 3.51. The van der Waals surface area contributed by atoms with Crippen LogP contribution in [0.1, 0.15) is 33.4 Å². The van der Waals surface area contributed by atoms with E-state index in [2.05, 4.69) is 27.9 Å². The number of benzene rings is 2. The van der Waals surface area contributed by atoms with E-state index in [1.165, 1.54) is 5.56 Å². The van der Waals surface area contributed by atoms with Crippen LogP contribution in [0.25, 0.3) is 0 Å². The Morgan fingerprint density at radius 2 is 1.71 bits per heavy atom. The maximum absolute atomic E-state index is 12.5. The van der Waals surface area contributed by atoms with Crippen LogP contribution >= 0.6 is 11.3 Å². The fourth-order valence-electron chi connectivity index (χ4n) is 2.65. The van der Waals surface area contributed by atoms with Crippen LogP contribution in [0.4, 0.5) is 21.3 Å². The summed E-state index contributed by atoms with van der Waals surface area (Å²) in [5, 5.41) is 8.67. The van der Waals surface area contributed by atoms with Gasteiger partial charge >= 0.3 is 6.03 Å². The molecule has 0 atom stereocenters. The second-order valence-corrected chi connectivity index (χ2v) is 7.39. The van der Waals surface area contributed by atoms with E-state index in [0.717, 1.165) is 29.0 Å². The molecule has 2 aromatic carbocycles. The lowest BCUT2D eigenvalue weighted by molar-refractivity contribution is 0.103. The summed E-state index contributed by atoms with van der Waals surface area (Å²) >= 11 is 1.14. The normalized spacial score (nSPS) is 10.4. The molecule has 0 saturated carbocycles. The molecule has 0 aliphatic carbocycles. The number of anilines is 3. The van der Waals surface area contributed by atoms with E-state index in [1.54, 1.807) is 6.92 Å². The molecule has 0 bridgehead atoms. The fraction of sp³-hybridized carbons (Fsp3) is 0.190. The average Bonchev–Trinajstić information content (AvgIpc) is 3.02. The smallest absolute Gasteiger partial charge is 0.321 e. The first-order valence-corrected chi connectivity index (χ1v) is 9.78. The summed E-state index contributed by atoms with van der Waals surface area (Å²) in [7, 11) is 0. The topological polar surface area (TPSA) is 83.1 Å². The molecule has 1 heterocycles. The lowest BCUT2D eigenvalue weighted by Crippen LogP contribution is -2.19. The molecular formula is C21H22N4O2S. The highest BCUT2D eigenvalue weighted by molar-refractivity contribution is 7.17. The van der Waals surface area contributed by atoms with E-state index in [1.807, 2.05) is 55.5 Å². The predicted octanol–water partition coefficient (Wildman–Crippen LogP) is 5.22. The van der Waals surface area contributed by atoms with Gasteiger partial charge in [-0.25, -0.2) is 9.78 Å². The van der Waals surface area contributed by atoms with Crippen molar-refractivity contribution < 1.29 is 9.59 Å².